The SMILES string of the molecule is Cc1ccc(-n2cnnc2SCC(=O)NCc2ccc(N3CCCC3=O)cc2)cc1. The van der Waals surface area contributed by atoms with Gasteiger partial charge in [0.2, 0.25) is 11.8 Å². The average molecular weight is 422 g/mol. The molecule has 1 aliphatic rings. The van der Waals surface area contributed by atoms with Crippen molar-refractivity contribution in [3.8, 4) is 5.69 Å². The van der Waals surface area contributed by atoms with Crippen molar-refractivity contribution in [1.29, 1.82) is 0 Å². The van der Waals surface area contributed by atoms with Crippen LogP contribution in [0.4, 0.5) is 5.69 Å². The number of amides is 2. The molecule has 2 aromatic carbocycles. The second kappa shape index (κ2) is 9.13. The molecule has 0 bridgehead atoms. The molecule has 0 radical (unpaired) electrons. The summed E-state index contributed by atoms with van der Waals surface area (Å²) in [5.74, 6) is 0.356. The maximum Gasteiger partial charge on any atom is 0.230 e. The van der Waals surface area contributed by atoms with Gasteiger partial charge in [0.15, 0.2) is 5.16 Å². The second-order valence-electron chi connectivity index (χ2n) is 7.20. The van der Waals surface area contributed by atoms with Crippen LogP contribution in [0.3, 0.4) is 0 Å². The highest BCUT2D eigenvalue weighted by molar-refractivity contribution is 7.99. The molecule has 0 aliphatic carbocycles. The topological polar surface area (TPSA) is 80.1 Å². The van der Waals surface area contributed by atoms with Gasteiger partial charge < -0.3 is 10.2 Å². The first kappa shape index (κ1) is 20.2. The molecule has 0 unspecified atom stereocenters. The Labute approximate surface area is 179 Å². The van der Waals surface area contributed by atoms with E-state index in [1.54, 1.807) is 6.33 Å². The maximum atomic E-state index is 12.3. The van der Waals surface area contributed by atoms with Gasteiger partial charge in [-0.3, -0.25) is 14.2 Å². The first-order chi connectivity index (χ1) is 14.6. The molecule has 1 aromatic heterocycles. The maximum absolute atomic E-state index is 12.3. The minimum atomic E-state index is -0.0720. The monoisotopic (exact) mass is 421 g/mol. The summed E-state index contributed by atoms with van der Waals surface area (Å²) < 4.78 is 1.87. The minimum absolute atomic E-state index is 0.0720. The molecule has 1 N–H and O–H groups in total. The fraction of sp³-hybridized carbons (Fsp3) is 0.273. The predicted octanol–water partition coefficient (Wildman–Crippen LogP) is 3.11. The molecule has 7 nitrogen and oxygen atoms in total. The zero-order valence-electron chi connectivity index (χ0n) is 16.7. The van der Waals surface area contributed by atoms with Gasteiger partial charge in [0.05, 0.1) is 5.75 Å². The molecule has 4 rings (SSSR count). The van der Waals surface area contributed by atoms with Crippen molar-refractivity contribution in [2.24, 2.45) is 0 Å². The molecular formula is C22H23N5O2S. The number of thioether (sulfide) groups is 1. The lowest BCUT2D eigenvalue weighted by Crippen LogP contribution is -2.25. The summed E-state index contributed by atoms with van der Waals surface area (Å²) in [6.45, 7) is 3.26. The van der Waals surface area contributed by atoms with Crippen LogP contribution in [0.15, 0.2) is 60.0 Å². The zero-order valence-corrected chi connectivity index (χ0v) is 17.6. The molecule has 1 fully saturated rings. The van der Waals surface area contributed by atoms with Gasteiger partial charge in [-0.1, -0.05) is 41.6 Å². The van der Waals surface area contributed by atoms with Crippen molar-refractivity contribution in [2.45, 2.75) is 31.5 Å². The van der Waals surface area contributed by atoms with Crippen LogP contribution in [-0.4, -0.2) is 38.9 Å². The number of anilines is 1. The molecule has 8 heteroatoms. The van der Waals surface area contributed by atoms with Crippen molar-refractivity contribution < 1.29 is 9.59 Å². The number of carbonyl (C=O) groups is 2. The standard InChI is InChI=1S/C22H23N5O2S/c1-16-4-8-19(9-5-16)27-15-24-25-22(27)30-14-20(28)23-13-17-6-10-18(11-7-17)26-12-2-3-21(26)29/h4-11,15H,2-3,12-14H2,1H3,(H,23,28). The summed E-state index contributed by atoms with van der Waals surface area (Å²) in [5, 5.41) is 11.7. The van der Waals surface area contributed by atoms with Crippen molar-refractivity contribution >= 4 is 29.3 Å². The zero-order chi connectivity index (χ0) is 20.9. The average Bonchev–Trinajstić information content (AvgIpc) is 3.40. The van der Waals surface area contributed by atoms with Gasteiger partial charge in [-0.25, -0.2) is 0 Å². The Kier molecular flexibility index (Phi) is 6.13. The lowest BCUT2D eigenvalue weighted by molar-refractivity contribution is -0.119. The lowest BCUT2D eigenvalue weighted by Gasteiger charge is -2.16. The molecule has 0 atom stereocenters. The van der Waals surface area contributed by atoms with Crippen molar-refractivity contribution in [3.63, 3.8) is 0 Å². The third-order valence-electron chi connectivity index (χ3n) is 4.97. The highest BCUT2D eigenvalue weighted by atomic mass is 32.2. The van der Waals surface area contributed by atoms with Crippen LogP contribution >= 0.6 is 11.8 Å². The molecule has 3 aromatic rings. The van der Waals surface area contributed by atoms with Gasteiger partial charge in [0.25, 0.3) is 0 Å². The molecular weight excluding hydrogens is 398 g/mol. The molecule has 2 amide bonds. The molecule has 0 spiro atoms. The van der Waals surface area contributed by atoms with Crippen LogP contribution in [-0.2, 0) is 16.1 Å². The summed E-state index contributed by atoms with van der Waals surface area (Å²) in [6.07, 6.45) is 3.18. The van der Waals surface area contributed by atoms with E-state index in [0.717, 1.165) is 29.9 Å². The van der Waals surface area contributed by atoms with Crippen molar-refractivity contribution in [2.75, 3.05) is 17.2 Å². The molecule has 154 valence electrons. The van der Waals surface area contributed by atoms with Gasteiger partial charge >= 0.3 is 0 Å². The number of hydrogen-bond acceptors (Lipinski definition) is 5. The van der Waals surface area contributed by atoms with E-state index in [0.29, 0.717) is 18.1 Å². The summed E-state index contributed by atoms with van der Waals surface area (Å²) in [4.78, 5) is 25.9. The Hall–Kier alpha value is -3.13. The van der Waals surface area contributed by atoms with Crippen molar-refractivity contribution in [1.82, 2.24) is 20.1 Å². The van der Waals surface area contributed by atoms with Crippen LogP contribution in [0, 0.1) is 6.92 Å². The first-order valence-corrected chi connectivity index (χ1v) is 10.8. The fourth-order valence-electron chi connectivity index (χ4n) is 3.30. The van der Waals surface area contributed by atoms with Gasteiger partial charge in [-0.2, -0.15) is 0 Å². The smallest absolute Gasteiger partial charge is 0.230 e. The summed E-state index contributed by atoms with van der Waals surface area (Å²) >= 11 is 1.35. The van der Waals surface area contributed by atoms with E-state index >= 15 is 0 Å². The van der Waals surface area contributed by atoms with Gasteiger partial charge in [0.1, 0.15) is 6.33 Å². The summed E-state index contributed by atoms with van der Waals surface area (Å²) in [5.41, 5.74) is 4.05. The van der Waals surface area contributed by atoms with Crippen LogP contribution in [0.25, 0.3) is 5.69 Å². The van der Waals surface area contributed by atoms with E-state index in [2.05, 4.69) is 15.5 Å². The summed E-state index contributed by atoms with van der Waals surface area (Å²) in [6, 6.07) is 15.8. The van der Waals surface area contributed by atoms with Crippen molar-refractivity contribution in [3.05, 3.63) is 66.0 Å². The van der Waals surface area contributed by atoms with Crippen LogP contribution in [0.1, 0.15) is 24.0 Å². The first-order valence-electron chi connectivity index (χ1n) is 9.86. The Bertz CT molecular complexity index is 1030. The van der Waals surface area contributed by atoms with Gasteiger partial charge in [-0.15, -0.1) is 10.2 Å². The number of nitrogens with zero attached hydrogens (tertiary/aromatic N) is 4. The molecule has 2 heterocycles. The Morgan fingerprint density at radius 3 is 2.53 bits per heavy atom. The van der Waals surface area contributed by atoms with Crippen LogP contribution in [0.5, 0.6) is 0 Å². The van der Waals surface area contributed by atoms with E-state index < -0.39 is 0 Å². The minimum Gasteiger partial charge on any atom is -0.351 e. The van der Waals surface area contributed by atoms with Crippen LogP contribution in [0.2, 0.25) is 0 Å². The van der Waals surface area contributed by atoms with E-state index in [1.165, 1.54) is 17.3 Å². The quantitative estimate of drug-likeness (QED) is 0.593. The van der Waals surface area contributed by atoms with E-state index in [-0.39, 0.29) is 17.6 Å². The third kappa shape index (κ3) is 4.71. The molecule has 1 saturated heterocycles. The molecule has 1 aliphatic heterocycles. The van der Waals surface area contributed by atoms with Gasteiger partial charge in [-0.05, 0) is 43.2 Å². The number of nitrogens with one attached hydrogen (secondary N) is 1. The highest BCUT2D eigenvalue weighted by Gasteiger charge is 2.21. The summed E-state index contributed by atoms with van der Waals surface area (Å²) in [7, 11) is 0. The number of aryl methyl sites for hydroxylation is 1. The molecule has 0 saturated carbocycles. The highest BCUT2D eigenvalue weighted by Crippen LogP contribution is 2.22. The number of carbonyl (C=O) groups excluding carboxylic acids is 2. The largest absolute Gasteiger partial charge is 0.351 e. The van der Waals surface area contributed by atoms with E-state index in [1.807, 2.05) is 64.9 Å². The normalized spacial score (nSPS) is 13.6. The van der Waals surface area contributed by atoms with Crippen LogP contribution < -0.4 is 10.2 Å². The second-order valence-corrected chi connectivity index (χ2v) is 8.14. The Balaban J connectivity index is 1.28. The Morgan fingerprint density at radius 1 is 1.10 bits per heavy atom. The van der Waals surface area contributed by atoms with E-state index in [9.17, 15) is 9.59 Å². The number of aromatic nitrogens is 3. The predicted molar refractivity (Wildman–Crippen MR) is 117 cm³/mol. The van der Waals surface area contributed by atoms with Gasteiger partial charge in [0, 0.05) is 30.9 Å². The number of rotatable bonds is 7. The number of hydrogen-bond donors (Lipinski definition) is 1. The lowest BCUT2D eigenvalue weighted by atomic mass is 10.2. The number of benzene rings is 2. The third-order valence-corrected chi connectivity index (χ3v) is 5.92. The molecule has 30 heavy (non-hydrogen) atoms. The fourth-order valence-corrected chi connectivity index (χ4v) is 4.06. The Morgan fingerprint density at radius 2 is 1.83 bits per heavy atom. The van der Waals surface area contributed by atoms with E-state index in [4.69, 9.17) is 0 Å².